The van der Waals surface area contributed by atoms with Gasteiger partial charge in [0.05, 0.1) is 30.8 Å². The Morgan fingerprint density at radius 1 is 1.19 bits per heavy atom. The number of oxime groups is 1. The molecule has 0 unspecified atom stereocenters. The maximum Gasteiger partial charge on any atom is 0.265 e. The number of rotatable bonds is 8. The maximum absolute atomic E-state index is 12.8. The van der Waals surface area contributed by atoms with Gasteiger partial charge in [0.2, 0.25) is 10.0 Å². The number of anilines is 1. The summed E-state index contributed by atoms with van der Waals surface area (Å²) in [5.74, 6) is 0.0662. The molecule has 0 aromatic heterocycles. The second kappa shape index (κ2) is 10.2. The summed E-state index contributed by atoms with van der Waals surface area (Å²) in [5, 5.41) is 6.33. The number of sulfonamides is 1. The number of nitrogens with two attached hydrogens (primary N) is 1. The van der Waals surface area contributed by atoms with E-state index < -0.39 is 22.5 Å². The van der Waals surface area contributed by atoms with Crippen molar-refractivity contribution in [1.29, 1.82) is 0 Å². The Bertz CT molecular complexity index is 1050. The van der Waals surface area contributed by atoms with Crippen molar-refractivity contribution in [3.8, 4) is 5.75 Å². The van der Waals surface area contributed by atoms with Crippen LogP contribution in [0.25, 0.3) is 0 Å². The summed E-state index contributed by atoms with van der Waals surface area (Å²) in [6, 6.07) is 13.0. The summed E-state index contributed by atoms with van der Waals surface area (Å²) in [6.07, 6.45) is 0. The molecular formula is C20H24N4O6S. The van der Waals surface area contributed by atoms with Gasteiger partial charge in [0, 0.05) is 18.8 Å². The van der Waals surface area contributed by atoms with Gasteiger partial charge in [0.15, 0.2) is 12.4 Å². The minimum atomic E-state index is -3.67. The molecule has 1 aliphatic rings. The molecule has 0 atom stereocenters. The first-order valence-electron chi connectivity index (χ1n) is 9.48. The largest absolute Gasteiger partial charge is 0.496 e. The van der Waals surface area contributed by atoms with Crippen LogP contribution in [-0.4, -0.2) is 64.5 Å². The van der Waals surface area contributed by atoms with Crippen molar-refractivity contribution in [3.63, 3.8) is 0 Å². The van der Waals surface area contributed by atoms with Crippen LogP contribution in [0.3, 0.4) is 0 Å². The Morgan fingerprint density at radius 2 is 1.94 bits per heavy atom. The van der Waals surface area contributed by atoms with Gasteiger partial charge in [-0.1, -0.05) is 23.4 Å². The quantitative estimate of drug-likeness (QED) is 0.350. The first kappa shape index (κ1) is 22.5. The minimum absolute atomic E-state index is 0.0591. The zero-order valence-electron chi connectivity index (χ0n) is 17.0. The highest BCUT2D eigenvalue weighted by Gasteiger charge is 2.26. The Labute approximate surface area is 180 Å². The van der Waals surface area contributed by atoms with E-state index in [0.717, 1.165) is 0 Å². The van der Waals surface area contributed by atoms with Gasteiger partial charge in [-0.3, -0.25) is 4.79 Å². The van der Waals surface area contributed by atoms with E-state index in [1.807, 2.05) is 0 Å². The molecule has 3 rings (SSSR count). The number of morpholine rings is 1. The van der Waals surface area contributed by atoms with Crippen LogP contribution in [0.2, 0.25) is 0 Å². The van der Waals surface area contributed by atoms with Crippen LogP contribution in [-0.2, 0) is 24.4 Å². The summed E-state index contributed by atoms with van der Waals surface area (Å²) in [5.41, 5.74) is 6.74. The van der Waals surface area contributed by atoms with Crippen LogP contribution < -0.4 is 15.8 Å². The van der Waals surface area contributed by atoms with E-state index in [1.165, 1.54) is 23.5 Å². The highest BCUT2D eigenvalue weighted by molar-refractivity contribution is 7.89. The van der Waals surface area contributed by atoms with Crippen LogP contribution in [0.5, 0.6) is 5.75 Å². The van der Waals surface area contributed by atoms with E-state index in [0.29, 0.717) is 43.3 Å². The topological polar surface area (TPSA) is 133 Å². The average Bonchev–Trinajstić information content (AvgIpc) is 2.79. The Morgan fingerprint density at radius 3 is 2.68 bits per heavy atom. The first-order valence-corrected chi connectivity index (χ1v) is 10.9. The van der Waals surface area contributed by atoms with Crippen molar-refractivity contribution >= 4 is 27.5 Å². The molecule has 0 aliphatic carbocycles. The number of hydrogen-bond acceptors (Lipinski definition) is 7. The Hall–Kier alpha value is -3.15. The van der Waals surface area contributed by atoms with Gasteiger partial charge >= 0.3 is 0 Å². The number of ether oxygens (including phenoxy) is 2. The molecule has 1 saturated heterocycles. The Kier molecular flexibility index (Phi) is 7.45. The van der Waals surface area contributed by atoms with Gasteiger partial charge in [-0.15, -0.1) is 0 Å². The lowest BCUT2D eigenvalue weighted by molar-refractivity contribution is -0.120. The number of para-hydroxylation sites is 1. The van der Waals surface area contributed by atoms with E-state index in [9.17, 15) is 13.2 Å². The molecule has 1 amide bonds. The summed E-state index contributed by atoms with van der Waals surface area (Å²) < 4.78 is 37.3. The molecule has 1 heterocycles. The third-order valence-corrected chi connectivity index (χ3v) is 6.36. The zero-order chi connectivity index (χ0) is 22.3. The number of benzene rings is 2. The second-order valence-corrected chi connectivity index (χ2v) is 8.48. The molecule has 10 nitrogen and oxygen atoms in total. The lowest BCUT2D eigenvalue weighted by Gasteiger charge is -2.26. The monoisotopic (exact) mass is 448 g/mol. The first-order chi connectivity index (χ1) is 14.9. The molecule has 0 bridgehead atoms. The van der Waals surface area contributed by atoms with Crippen LogP contribution >= 0.6 is 0 Å². The number of hydrogen-bond donors (Lipinski definition) is 2. The van der Waals surface area contributed by atoms with Gasteiger partial charge in [-0.05, 0) is 30.3 Å². The van der Waals surface area contributed by atoms with Crippen molar-refractivity contribution in [2.45, 2.75) is 4.90 Å². The zero-order valence-corrected chi connectivity index (χ0v) is 17.8. The van der Waals surface area contributed by atoms with Crippen LogP contribution in [0, 0.1) is 0 Å². The fraction of sp³-hybridized carbons (Fsp3) is 0.300. The van der Waals surface area contributed by atoms with Gasteiger partial charge in [0.1, 0.15) is 5.75 Å². The molecule has 3 N–H and O–H groups in total. The van der Waals surface area contributed by atoms with Gasteiger partial charge in [-0.2, -0.15) is 4.31 Å². The van der Waals surface area contributed by atoms with Crippen molar-refractivity contribution in [2.24, 2.45) is 10.9 Å². The summed E-state index contributed by atoms with van der Waals surface area (Å²) in [6.45, 7) is 0.879. The van der Waals surface area contributed by atoms with Crippen LogP contribution in [0.1, 0.15) is 5.56 Å². The predicted octanol–water partition coefficient (Wildman–Crippen LogP) is 0.992. The molecule has 0 spiro atoms. The molecule has 1 fully saturated rings. The molecular weight excluding hydrogens is 424 g/mol. The lowest BCUT2D eigenvalue weighted by atomic mass is 10.2. The van der Waals surface area contributed by atoms with E-state index in [2.05, 4.69) is 10.5 Å². The lowest BCUT2D eigenvalue weighted by Crippen LogP contribution is -2.40. The smallest absolute Gasteiger partial charge is 0.265 e. The van der Waals surface area contributed by atoms with E-state index >= 15 is 0 Å². The molecule has 0 saturated carbocycles. The van der Waals surface area contributed by atoms with E-state index in [1.54, 1.807) is 36.4 Å². The van der Waals surface area contributed by atoms with Gasteiger partial charge in [0.25, 0.3) is 5.91 Å². The normalized spacial score (nSPS) is 15.3. The van der Waals surface area contributed by atoms with Crippen molar-refractivity contribution < 1.29 is 27.5 Å². The number of amidine groups is 1. The number of nitrogens with zero attached hydrogens (tertiary/aromatic N) is 2. The SMILES string of the molecule is COc1ccccc1/C(N)=N/OCC(=O)Nc1cccc(S(=O)(=O)N2CCOCC2)c1. The van der Waals surface area contributed by atoms with Gasteiger partial charge in [-0.25, -0.2) is 8.42 Å². The molecule has 1 aliphatic heterocycles. The molecule has 166 valence electrons. The Balaban J connectivity index is 1.60. The minimum Gasteiger partial charge on any atom is -0.496 e. The third kappa shape index (κ3) is 5.72. The number of nitrogens with one attached hydrogen (secondary N) is 1. The van der Waals surface area contributed by atoms with E-state index in [-0.39, 0.29) is 10.7 Å². The molecule has 2 aromatic rings. The highest BCUT2D eigenvalue weighted by Crippen LogP contribution is 2.21. The fourth-order valence-electron chi connectivity index (χ4n) is 2.93. The molecule has 0 radical (unpaired) electrons. The van der Waals surface area contributed by atoms with Crippen molar-refractivity contribution in [3.05, 3.63) is 54.1 Å². The standard InChI is InChI=1S/C20H24N4O6S/c1-28-18-8-3-2-7-17(18)20(21)23-30-14-19(25)22-15-5-4-6-16(13-15)31(26,27)24-9-11-29-12-10-24/h2-8,13H,9-12,14H2,1H3,(H2,21,23)(H,22,25). The molecule has 2 aromatic carbocycles. The fourth-order valence-corrected chi connectivity index (χ4v) is 4.39. The van der Waals surface area contributed by atoms with Gasteiger partial charge < -0.3 is 25.4 Å². The number of carbonyl (C=O) groups is 1. The van der Waals surface area contributed by atoms with Crippen molar-refractivity contribution in [1.82, 2.24) is 4.31 Å². The second-order valence-electron chi connectivity index (χ2n) is 6.54. The van der Waals surface area contributed by atoms with Crippen LogP contribution in [0.15, 0.2) is 58.6 Å². The summed E-state index contributed by atoms with van der Waals surface area (Å²) in [7, 11) is -2.16. The summed E-state index contributed by atoms with van der Waals surface area (Å²) >= 11 is 0. The number of carbonyl (C=O) groups excluding carboxylic acids is 1. The maximum atomic E-state index is 12.8. The number of methoxy groups -OCH3 is 1. The predicted molar refractivity (Wildman–Crippen MR) is 114 cm³/mol. The van der Waals surface area contributed by atoms with Crippen molar-refractivity contribution in [2.75, 3.05) is 45.3 Å². The third-order valence-electron chi connectivity index (χ3n) is 4.47. The van der Waals surface area contributed by atoms with E-state index in [4.69, 9.17) is 20.0 Å². The number of amides is 1. The van der Waals surface area contributed by atoms with Crippen LogP contribution in [0.4, 0.5) is 5.69 Å². The molecule has 31 heavy (non-hydrogen) atoms. The average molecular weight is 449 g/mol. The molecule has 11 heteroatoms. The summed E-state index contributed by atoms with van der Waals surface area (Å²) in [4.78, 5) is 17.3. The highest BCUT2D eigenvalue weighted by atomic mass is 32.2.